The van der Waals surface area contributed by atoms with Crippen molar-refractivity contribution < 1.29 is 0 Å². The van der Waals surface area contributed by atoms with E-state index in [9.17, 15) is 0 Å². The van der Waals surface area contributed by atoms with Crippen LogP contribution in [0.4, 0.5) is 0 Å². The molecule has 0 saturated heterocycles. The van der Waals surface area contributed by atoms with Crippen LogP contribution in [-0.4, -0.2) is 0 Å². The van der Waals surface area contributed by atoms with E-state index >= 15 is 0 Å². The van der Waals surface area contributed by atoms with Crippen molar-refractivity contribution in [1.82, 2.24) is 0 Å². The highest BCUT2D eigenvalue weighted by molar-refractivity contribution is 5.23. The average molecular weight is 278 g/mol. The Kier molecular flexibility index (Phi) is 5.24. The number of hydrogen-bond acceptors (Lipinski definition) is 2. The molecular formula is C15H14N6. The maximum atomic E-state index is 8.77. The van der Waals surface area contributed by atoms with Crippen LogP contribution in [0.15, 0.2) is 70.9 Å². The first-order valence-corrected chi connectivity index (χ1v) is 6.53. The van der Waals surface area contributed by atoms with E-state index in [2.05, 4.69) is 20.1 Å². The van der Waals surface area contributed by atoms with Crippen molar-refractivity contribution in [2.45, 2.75) is 18.5 Å². The molecule has 0 aliphatic rings. The third kappa shape index (κ3) is 4.01. The summed E-state index contributed by atoms with van der Waals surface area (Å²) >= 11 is 0. The van der Waals surface area contributed by atoms with Gasteiger partial charge in [0.1, 0.15) is 0 Å². The SMILES string of the molecule is [N-]=[N+]=N[C@@H](C[C@H](N=[N+]=[N-])c1ccccc1)c1ccccc1. The highest BCUT2D eigenvalue weighted by atomic mass is 15.2. The Morgan fingerprint density at radius 1 is 0.714 bits per heavy atom. The summed E-state index contributed by atoms with van der Waals surface area (Å²) in [5, 5.41) is 7.68. The molecule has 2 aromatic carbocycles. The molecule has 0 aliphatic heterocycles. The second kappa shape index (κ2) is 7.60. The Labute approximate surface area is 122 Å². The van der Waals surface area contributed by atoms with Crippen LogP contribution in [0.25, 0.3) is 20.9 Å². The molecule has 0 fully saturated rings. The van der Waals surface area contributed by atoms with Gasteiger partial charge in [0.25, 0.3) is 0 Å². The molecule has 0 unspecified atom stereocenters. The normalized spacial score (nSPS) is 12.6. The molecule has 2 atom stereocenters. The second-order valence-corrected chi connectivity index (χ2v) is 4.50. The maximum absolute atomic E-state index is 8.77. The van der Waals surface area contributed by atoms with Crippen molar-refractivity contribution in [3.8, 4) is 0 Å². The molecule has 104 valence electrons. The maximum Gasteiger partial charge on any atom is 0.0632 e. The Morgan fingerprint density at radius 3 is 1.43 bits per heavy atom. The van der Waals surface area contributed by atoms with Crippen molar-refractivity contribution in [1.29, 1.82) is 0 Å². The summed E-state index contributed by atoms with van der Waals surface area (Å²) in [6, 6.07) is 18.2. The topological polar surface area (TPSA) is 97.5 Å². The first-order valence-electron chi connectivity index (χ1n) is 6.53. The number of nitrogens with zero attached hydrogens (tertiary/aromatic N) is 6. The Balaban J connectivity index is 2.29. The smallest absolute Gasteiger partial charge is 0.0632 e. The molecule has 0 spiro atoms. The van der Waals surface area contributed by atoms with Gasteiger partial charge in [0, 0.05) is 9.82 Å². The van der Waals surface area contributed by atoms with Crippen LogP contribution in [0.5, 0.6) is 0 Å². The number of azide groups is 2. The van der Waals surface area contributed by atoms with Crippen molar-refractivity contribution in [3.05, 3.63) is 92.7 Å². The summed E-state index contributed by atoms with van der Waals surface area (Å²) in [4.78, 5) is 5.82. The molecule has 21 heavy (non-hydrogen) atoms. The van der Waals surface area contributed by atoms with E-state index < -0.39 is 0 Å². The first kappa shape index (κ1) is 14.5. The largest absolute Gasteiger partial charge is 0.0859 e. The number of hydrogen-bond donors (Lipinski definition) is 0. The fraction of sp³-hybridized carbons (Fsp3) is 0.200. The minimum absolute atomic E-state index is 0.369. The Morgan fingerprint density at radius 2 is 1.10 bits per heavy atom. The lowest BCUT2D eigenvalue weighted by Crippen LogP contribution is -2.02. The Bertz CT molecular complexity index is 598. The van der Waals surface area contributed by atoms with Gasteiger partial charge in [-0.1, -0.05) is 70.9 Å². The molecule has 2 rings (SSSR count). The van der Waals surface area contributed by atoms with Crippen LogP contribution < -0.4 is 0 Å². The third-order valence-electron chi connectivity index (χ3n) is 3.20. The molecule has 0 bridgehead atoms. The minimum atomic E-state index is -0.369. The zero-order chi connectivity index (χ0) is 14.9. The van der Waals surface area contributed by atoms with Crippen molar-refractivity contribution in [2.75, 3.05) is 0 Å². The van der Waals surface area contributed by atoms with Gasteiger partial charge in [0.05, 0.1) is 12.1 Å². The van der Waals surface area contributed by atoms with Crippen LogP contribution in [0, 0.1) is 0 Å². The molecule has 2 aromatic rings. The van der Waals surface area contributed by atoms with Gasteiger partial charge < -0.3 is 0 Å². The fourth-order valence-corrected chi connectivity index (χ4v) is 2.19. The molecule has 0 saturated carbocycles. The summed E-state index contributed by atoms with van der Waals surface area (Å²) < 4.78 is 0. The van der Waals surface area contributed by atoms with Crippen molar-refractivity contribution in [3.63, 3.8) is 0 Å². The number of benzene rings is 2. The zero-order valence-electron chi connectivity index (χ0n) is 11.3. The lowest BCUT2D eigenvalue weighted by atomic mass is 9.96. The van der Waals surface area contributed by atoms with E-state index in [-0.39, 0.29) is 12.1 Å². The predicted octanol–water partition coefficient (Wildman–Crippen LogP) is 5.48. The van der Waals surface area contributed by atoms with E-state index in [1.165, 1.54) is 0 Å². The lowest BCUT2D eigenvalue weighted by Gasteiger charge is -2.17. The van der Waals surface area contributed by atoms with Crippen molar-refractivity contribution in [2.24, 2.45) is 10.2 Å². The van der Waals surface area contributed by atoms with Crippen LogP contribution in [0.3, 0.4) is 0 Å². The predicted molar refractivity (Wildman–Crippen MR) is 81.3 cm³/mol. The van der Waals surface area contributed by atoms with Crippen LogP contribution in [0.2, 0.25) is 0 Å². The molecule has 0 radical (unpaired) electrons. The standard InChI is InChI=1S/C15H14N6/c16-20-18-14(12-7-3-1-4-8-12)11-15(19-21-17)13-9-5-2-6-10-13/h1-10,14-15H,11H2/t14-,15-/m0/s1. The summed E-state index contributed by atoms with van der Waals surface area (Å²) in [7, 11) is 0. The molecule has 0 heterocycles. The van der Waals surface area contributed by atoms with E-state index in [1.54, 1.807) is 0 Å². The van der Waals surface area contributed by atoms with Crippen LogP contribution in [0.1, 0.15) is 29.6 Å². The molecular weight excluding hydrogens is 264 g/mol. The molecule has 0 aromatic heterocycles. The summed E-state index contributed by atoms with van der Waals surface area (Å²) in [6.07, 6.45) is 0.433. The van der Waals surface area contributed by atoms with Gasteiger partial charge in [0.15, 0.2) is 0 Å². The monoisotopic (exact) mass is 278 g/mol. The van der Waals surface area contributed by atoms with E-state index in [4.69, 9.17) is 11.1 Å². The van der Waals surface area contributed by atoms with Gasteiger partial charge in [0.2, 0.25) is 0 Å². The average Bonchev–Trinajstić information content (AvgIpc) is 2.55. The highest BCUT2D eigenvalue weighted by Crippen LogP contribution is 2.32. The van der Waals surface area contributed by atoms with Gasteiger partial charge in [-0.25, -0.2) is 0 Å². The summed E-state index contributed by atoms with van der Waals surface area (Å²) in [6.45, 7) is 0. The quantitative estimate of drug-likeness (QED) is 0.380. The first-order chi connectivity index (χ1) is 10.3. The Hall–Kier alpha value is -2.94. The van der Waals surface area contributed by atoms with Gasteiger partial charge in [-0.3, -0.25) is 0 Å². The third-order valence-corrected chi connectivity index (χ3v) is 3.20. The van der Waals surface area contributed by atoms with Crippen LogP contribution in [-0.2, 0) is 0 Å². The lowest BCUT2D eigenvalue weighted by molar-refractivity contribution is 0.553. The van der Waals surface area contributed by atoms with E-state index in [1.807, 2.05) is 60.7 Å². The van der Waals surface area contributed by atoms with Gasteiger partial charge >= 0.3 is 0 Å². The van der Waals surface area contributed by atoms with E-state index in [0.717, 1.165) is 11.1 Å². The second-order valence-electron chi connectivity index (χ2n) is 4.50. The van der Waals surface area contributed by atoms with Gasteiger partial charge in [-0.15, -0.1) is 0 Å². The molecule has 0 aliphatic carbocycles. The van der Waals surface area contributed by atoms with Crippen LogP contribution >= 0.6 is 0 Å². The molecule has 0 N–H and O–H groups in total. The van der Waals surface area contributed by atoms with Gasteiger partial charge in [-0.05, 0) is 28.6 Å². The number of rotatable bonds is 6. The van der Waals surface area contributed by atoms with E-state index in [0.29, 0.717) is 6.42 Å². The minimum Gasteiger partial charge on any atom is -0.0859 e. The highest BCUT2D eigenvalue weighted by Gasteiger charge is 2.17. The molecule has 0 amide bonds. The zero-order valence-corrected chi connectivity index (χ0v) is 11.3. The van der Waals surface area contributed by atoms with Gasteiger partial charge in [-0.2, -0.15) is 0 Å². The fourth-order valence-electron chi connectivity index (χ4n) is 2.19. The molecule has 6 heteroatoms. The summed E-state index contributed by atoms with van der Waals surface area (Å²) in [5.41, 5.74) is 19.3. The molecule has 6 nitrogen and oxygen atoms in total. The summed E-state index contributed by atoms with van der Waals surface area (Å²) in [5.74, 6) is 0. The van der Waals surface area contributed by atoms with Crippen molar-refractivity contribution >= 4 is 0 Å².